The zero-order chi connectivity index (χ0) is 17.1. The lowest BCUT2D eigenvalue weighted by Crippen LogP contribution is -2.26. The smallest absolute Gasteiger partial charge is 0.274 e. The lowest BCUT2D eigenvalue weighted by atomic mass is 10.2. The standard InChI is InChI=1S/C17H22N6OS.ClH/c24-15-10-13(12-22-7-3-1-2-4-8-22)19-17-20-16(21-23(15)17)18-11-14-6-5-9-25-14;/h5-6,9-10H,1-4,7-8,11-12H2,(H2,18,19,20,21);1H. The van der Waals surface area contributed by atoms with Crippen molar-refractivity contribution >= 4 is 35.5 Å². The number of thiophene rings is 1. The monoisotopic (exact) mass is 394 g/mol. The minimum Gasteiger partial charge on any atom is -0.350 e. The first-order valence-electron chi connectivity index (χ1n) is 8.75. The van der Waals surface area contributed by atoms with Gasteiger partial charge in [0.2, 0.25) is 5.95 Å². The predicted octanol–water partition coefficient (Wildman–Crippen LogP) is 2.89. The van der Waals surface area contributed by atoms with E-state index in [1.54, 1.807) is 17.4 Å². The van der Waals surface area contributed by atoms with Gasteiger partial charge in [0.15, 0.2) is 0 Å². The van der Waals surface area contributed by atoms with E-state index in [9.17, 15) is 4.79 Å². The van der Waals surface area contributed by atoms with Crippen molar-refractivity contribution in [2.75, 3.05) is 18.4 Å². The Labute approximate surface area is 161 Å². The zero-order valence-electron chi connectivity index (χ0n) is 14.5. The van der Waals surface area contributed by atoms with Gasteiger partial charge in [-0.3, -0.25) is 14.8 Å². The van der Waals surface area contributed by atoms with E-state index in [-0.39, 0.29) is 18.0 Å². The normalized spacial score (nSPS) is 15.5. The number of nitrogens with one attached hydrogen (secondary N) is 2. The van der Waals surface area contributed by atoms with Gasteiger partial charge in [-0.2, -0.15) is 9.50 Å². The van der Waals surface area contributed by atoms with E-state index >= 15 is 0 Å². The second-order valence-corrected chi connectivity index (χ2v) is 7.45. The largest absolute Gasteiger partial charge is 0.350 e. The Bertz CT molecular complexity index is 882. The summed E-state index contributed by atoms with van der Waals surface area (Å²) < 4.78 is 1.39. The molecule has 1 aliphatic heterocycles. The van der Waals surface area contributed by atoms with Crippen molar-refractivity contribution in [2.24, 2.45) is 0 Å². The molecule has 26 heavy (non-hydrogen) atoms. The number of H-pyrrole nitrogens is 1. The molecule has 1 fully saturated rings. The third kappa shape index (κ3) is 4.44. The van der Waals surface area contributed by atoms with Crippen LogP contribution in [0.1, 0.15) is 36.3 Å². The molecule has 0 bridgehead atoms. The molecule has 4 rings (SSSR count). The van der Waals surface area contributed by atoms with Gasteiger partial charge in [0.25, 0.3) is 11.3 Å². The molecule has 0 aliphatic carbocycles. The second-order valence-electron chi connectivity index (χ2n) is 6.42. The third-order valence-corrected chi connectivity index (χ3v) is 5.35. The molecule has 3 aromatic rings. The molecule has 1 aliphatic rings. The third-order valence-electron chi connectivity index (χ3n) is 4.48. The van der Waals surface area contributed by atoms with Crippen molar-refractivity contribution in [1.82, 2.24) is 24.5 Å². The van der Waals surface area contributed by atoms with Gasteiger partial charge in [-0.05, 0) is 37.4 Å². The van der Waals surface area contributed by atoms with Crippen LogP contribution in [0.15, 0.2) is 28.4 Å². The Morgan fingerprint density at radius 3 is 2.73 bits per heavy atom. The van der Waals surface area contributed by atoms with E-state index in [2.05, 4.69) is 31.3 Å². The van der Waals surface area contributed by atoms with Gasteiger partial charge in [-0.25, -0.2) is 4.98 Å². The highest BCUT2D eigenvalue weighted by Gasteiger charge is 2.13. The number of anilines is 1. The highest BCUT2D eigenvalue weighted by atomic mass is 35.5. The molecule has 0 saturated carbocycles. The first kappa shape index (κ1) is 18.9. The second kappa shape index (κ2) is 8.66. The van der Waals surface area contributed by atoms with Gasteiger partial charge in [-0.1, -0.05) is 18.9 Å². The van der Waals surface area contributed by atoms with Crippen LogP contribution in [0.5, 0.6) is 0 Å². The van der Waals surface area contributed by atoms with Crippen LogP contribution in [0.3, 0.4) is 0 Å². The van der Waals surface area contributed by atoms with Crippen molar-refractivity contribution in [3.8, 4) is 0 Å². The predicted molar refractivity (Wildman–Crippen MR) is 106 cm³/mol. The van der Waals surface area contributed by atoms with Crippen molar-refractivity contribution in [2.45, 2.75) is 38.8 Å². The number of hydrogen-bond acceptors (Lipinski definition) is 6. The molecular formula is C17H23ClN6OS. The first-order valence-corrected chi connectivity index (χ1v) is 9.63. The van der Waals surface area contributed by atoms with Crippen LogP contribution in [0.25, 0.3) is 5.78 Å². The molecule has 0 atom stereocenters. The Morgan fingerprint density at radius 1 is 1.19 bits per heavy atom. The van der Waals surface area contributed by atoms with E-state index < -0.39 is 0 Å². The average Bonchev–Trinajstić information content (AvgIpc) is 3.18. The highest BCUT2D eigenvalue weighted by Crippen LogP contribution is 2.13. The summed E-state index contributed by atoms with van der Waals surface area (Å²) in [5.74, 6) is 0.982. The minimum atomic E-state index is -0.119. The zero-order valence-corrected chi connectivity index (χ0v) is 16.1. The fraction of sp³-hybridized carbons (Fsp3) is 0.471. The Hall–Kier alpha value is -1.90. The summed E-state index contributed by atoms with van der Waals surface area (Å²) >= 11 is 1.68. The Morgan fingerprint density at radius 2 is 2.00 bits per heavy atom. The van der Waals surface area contributed by atoms with Crippen LogP contribution in [0, 0.1) is 0 Å². The molecule has 1 saturated heterocycles. The number of likely N-dealkylation sites (tertiary alicyclic amines) is 1. The van der Waals surface area contributed by atoms with Gasteiger partial charge >= 0.3 is 0 Å². The van der Waals surface area contributed by atoms with Gasteiger partial charge in [0.05, 0.1) is 12.2 Å². The molecule has 0 amide bonds. The maximum Gasteiger partial charge on any atom is 0.274 e. The van der Waals surface area contributed by atoms with Crippen molar-refractivity contribution in [3.63, 3.8) is 0 Å². The van der Waals surface area contributed by atoms with Crippen LogP contribution in [-0.4, -0.2) is 37.6 Å². The number of aromatic amines is 1. The van der Waals surface area contributed by atoms with Crippen molar-refractivity contribution < 1.29 is 0 Å². The minimum absolute atomic E-state index is 0. The molecule has 0 spiro atoms. The quantitative estimate of drug-likeness (QED) is 0.695. The molecule has 2 N–H and O–H groups in total. The van der Waals surface area contributed by atoms with Crippen LogP contribution in [-0.2, 0) is 13.1 Å². The number of halogens is 1. The molecule has 4 heterocycles. The maximum atomic E-state index is 12.4. The SMILES string of the molecule is Cl.O=c1cc(CN2CCCCCC2)nc2nc(NCc3cccs3)[nH]n12. The van der Waals surface area contributed by atoms with Crippen LogP contribution in [0.2, 0.25) is 0 Å². The number of hydrogen-bond donors (Lipinski definition) is 2. The molecular weight excluding hydrogens is 372 g/mol. The number of nitrogens with zero attached hydrogens (tertiary/aromatic N) is 4. The van der Waals surface area contributed by atoms with Crippen LogP contribution in [0.4, 0.5) is 5.95 Å². The summed E-state index contributed by atoms with van der Waals surface area (Å²) in [6.07, 6.45) is 5.04. The Balaban J connectivity index is 0.00000196. The van der Waals surface area contributed by atoms with Gasteiger partial charge in [0, 0.05) is 17.5 Å². The highest BCUT2D eigenvalue weighted by molar-refractivity contribution is 7.09. The molecule has 140 valence electrons. The summed E-state index contributed by atoms with van der Waals surface area (Å²) in [6, 6.07) is 5.69. The number of fused-ring (bicyclic) bond motifs is 1. The molecule has 0 aromatic carbocycles. The molecule has 0 radical (unpaired) electrons. The Kier molecular flexibility index (Phi) is 6.29. The van der Waals surface area contributed by atoms with E-state index in [4.69, 9.17) is 0 Å². The summed E-state index contributed by atoms with van der Waals surface area (Å²) in [4.78, 5) is 24.9. The van der Waals surface area contributed by atoms with Crippen molar-refractivity contribution in [1.29, 1.82) is 0 Å². The fourth-order valence-corrected chi connectivity index (χ4v) is 3.84. The fourth-order valence-electron chi connectivity index (χ4n) is 3.19. The number of aromatic nitrogens is 4. The van der Waals surface area contributed by atoms with E-state index in [0.29, 0.717) is 18.3 Å². The van der Waals surface area contributed by atoms with Gasteiger partial charge in [0.1, 0.15) is 0 Å². The molecule has 3 aromatic heterocycles. The maximum absolute atomic E-state index is 12.4. The van der Waals surface area contributed by atoms with Gasteiger partial charge in [-0.15, -0.1) is 23.7 Å². The van der Waals surface area contributed by atoms with E-state index in [1.165, 1.54) is 35.1 Å². The lowest BCUT2D eigenvalue weighted by molar-refractivity contribution is 0.273. The molecule has 7 nitrogen and oxygen atoms in total. The van der Waals surface area contributed by atoms with E-state index in [1.807, 2.05) is 11.4 Å². The van der Waals surface area contributed by atoms with Crippen LogP contribution >= 0.6 is 23.7 Å². The number of rotatable bonds is 5. The molecule has 9 heteroatoms. The summed E-state index contributed by atoms with van der Waals surface area (Å²) in [5.41, 5.74) is 0.676. The topological polar surface area (TPSA) is 78.3 Å². The lowest BCUT2D eigenvalue weighted by Gasteiger charge is -2.18. The first-order chi connectivity index (χ1) is 12.3. The van der Waals surface area contributed by atoms with Crippen molar-refractivity contribution in [3.05, 3.63) is 44.5 Å². The van der Waals surface area contributed by atoms with Crippen LogP contribution < -0.4 is 10.9 Å². The van der Waals surface area contributed by atoms with Gasteiger partial charge < -0.3 is 5.32 Å². The molecule has 0 unspecified atom stereocenters. The van der Waals surface area contributed by atoms with E-state index in [0.717, 1.165) is 25.3 Å². The summed E-state index contributed by atoms with van der Waals surface area (Å²) in [6.45, 7) is 3.55. The average molecular weight is 395 g/mol. The summed E-state index contributed by atoms with van der Waals surface area (Å²) in [5, 5.41) is 8.22. The summed E-state index contributed by atoms with van der Waals surface area (Å²) in [7, 11) is 0.